The van der Waals surface area contributed by atoms with Crippen LogP contribution >= 0.6 is 0 Å². The third-order valence-corrected chi connectivity index (χ3v) is 9.83. The lowest BCUT2D eigenvalue weighted by Crippen LogP contribution is -2.56. The van der Waals surface area contributed by atoms with Gasteiger partial charge in [-0.1, -0.05) is 34.1 Å². The van der Waals surface area contributed by atoms with Gasteiger partial charge in [-0.15, -0.1) is 0 Å². The van der Waals surface area contributed by atoms with Crippen molar-refractivity contribution in [1.82, 2.24) is 5.32 Å². The molecule has 0 aromatic carbocycles. The fraction of sp³-hybridized carbons (Fsp3) is 0.960. The molecule has 0 radical (unpaired) electrons. The van der Waals surface area contributed by atoms with Gasteiger partial charge in [0.05, 0.1) is 12.2 Å². The molecule has 0 saturated heterocycles. The summed E-state index contributed by atoms with van der Waals surface area (Å²) >= 11 is 0. The fourth-order valence-corrected chi connectivity index (χ4v) is 8.01. The summed E-state index contributed by atoms with van der Waals surface area (Å²) < 4.78 is 0. The number of aliphatic hydroxyl groups is 2. The van der Waals surface area contributed by atoms with Crippen LogP contribution in [0, 0.1) is 40.4 Å². The second-order valence-electron chi connectivity index (χ2n) is 11.2. The van der Waals surface area contributed by atoms with Crippen molar-refractivity contribution in [2.75, 3.05) is 7.05 Å². The molecule has 29 heavy (non-hydrogen) atoms. The first-order valence-corrected chi connectivity index (χ1v) is 12.2. The van der Waals surface area contributed by atoms with Crippen molar-refractivity contribution in [3.63, 3.8) is 0 Å². The van der Waals surface area contributed by atoms with Gasteiger partial charge in [-0.2, -0.15) is 0 Å². The maximum atomic E-state index is 11.7. The highest BCUT2D eigenvalue weighted by atomic mass is 16.3. The van der Waals surface area contributed by atoms with E-state index >= 15 is 0 Å². The van der Waals surface area contributed by atoms with Crippen molar-refractivity contribution in [2.24, 2.45) is 40.4 Å². The zero-order valence-corrected chi connectivity index (χ0v) is 19.4. The molecule has 0 aromatic heterocycles. The monoisotopic (exact) mass is 407 g/mol. The maximum absolute atomic E-state index is 11.7. The molecule has 4 heteroatoms. The molecule has 3 N–H and O–H groups in total. The van der Waals surface area contributed by atoms with E-state index in [1.54, 1.807) is 7.05 Å². The lowest BCUT2D eigenvalue weighted by atomic mass is 9.45. The molecule has 0 spiro atoms. The Labute approximate surface area is 178 Å². The molecule has 3 aliphatic carbocycles. The minimum absolute atomic E-state index is 0.0601. The third kappa shape index (κ3) is 4.26. The van der Waals surface area contributed by atoms with Gasteiger partial charge in [0.15, 0.2) is 0 Å². The number of amides is 1. The minimum Gasteiger partial charge on any atom is -0.393 e. The molecule has 3 fully saturated rings. The molecule has 3 saturated carbocycles. The molecule has 0 aromatic rings. The Bertz CT molecular complexity index is 580. The van der Waals surface area contributed by atoms with E-state index in [4.69, 9.17) is 0 Å². The predicted molar refractivity (Wildman–Crippen MR) is 117 cm³/mol. The Kier molecular flexibility index (Phi) is 7.05. The first-order chi connectivity index (χ1) is 13.7. The van der Waals surface area contributed by atoms with E-state index in [0.717, 1.165) is 44.9 Å². The Morgan fingerprint density at radius 2 is 1.90 bits per heavy atom. The van der Waals surface area contributed by atoms with E-state index in [-0.39, 0.29) is 28.9 Å². The van der Waals surface area contributed by atoms with Gasteiger partial charge in [0.1, 0.15) is 0 Å². The van der Waals surface area contributed by atoms with Crippen molar-refractivity contribution >= 4 is 5.91 Å². The summed E-state index contributed by atoms with van der Waals surface area (Å²) in [6, 6.07) is 0. The quantitative estimate of drug-likeness (QED) is 0.606. The van der Waals surface area contributed by atoms with Crippen molar-refractivity contribution < 1.29 is 15.0 Å². The number of hydrogen-bond donors (Lipinski definition) is 3. The number of aliphatic hydroxyl groups excluding tert-OH is 2. The molecule has 4 nitrogen and oxygen atoms in total. The number of rotatable bonds is 6. The summed E-state index contributed by atoms with van der Waals surface area (Å²) in [5.74, 6) is 2.91. The number of fused-ring (bicyclic) bond motifs is 3. The van der Waals surface area contributed by atoms with Gasteiger partial charge >= 0.3 is 0 Å². The van der Waals surface area contributed by atoms with Crippen LogP contribution in [0.15, 0.2) is 0 Å². The lowest BCUT2D eigenvalue weighted by Gasteiger charge is -2.61. The average molecular weight is 408 g/mol. The van der Waals surface area contributed by atoms with Gasteiger partial charge in [-0.3, -0.25) is 4.79 Å². The summed E-state index contributed by atoms with van der Waals surface area (Å²) in [6.45, 7) is 9.32. The van der Waals surface area contributed by atoms with Crippen molar-refractivity contribution in [3.05, 3.63) is 0 Å². The van der Waals surface area contributed by atoms with Crippen molar-refractivity contribution in [1.29, 1.82) is 0 Å². The smallest absolute Gasteiger partial charge is 0.219 e. The standard InChI is InChI=1S/C25H45NO3/c1-6-20(16(2)7-10-23(29)26-5)25(4)15-17-8-9-18-13-19(27)11-12-24(18,3)21(17)14-22(25)28/h16-22,27-28H,6-15H2,1-5H3,(H,26,29)/t16-,17+,18-,19-,20-,21+,22+,24+,25+/m1/s1. The van der Waals surface area contributed by atoms with E-state index in [1.165, 1.54) is 12.8 Å². The topological polar surface area (TPSA) is 69.6 Å². The zero-order chi connectivity index (χ0) is 21.4. The summed E-state index contributed by atoms with van der Waals surface area (Å²) in [4.78, 5) is 11.7. The second kappa shape index (κ2) is 8.86. The molecule has 0 heterocycles. The van der Waals surface area contributed by atoms with E-state index in [1.807, 2.05) is 0 Å². The van der Waals surface area contributed by atoms with Crippen LogP contribution in [0.1, 0.15) is 91.9 Å². The molecule has 3 rings (SSSR count). The average Bonchev–Trinajstić information content (AvgIpc) is 2.68. The first-order valence-electron chi connectivity index (χ1n) is 12.2. The van der Waals surface area contributed by atoms with Crippen LogP contribution in [0.3, 0.4) is 0 Å². The van der Waals surface area contributed by atoms with E-state index in [2.05, 4.69) is 33.0 Å². The van der Waals surface area contributed by atoms with E-state index in [0.29, 0.717) is 36.0 Å². The van der Waals surface area contributed by atoms with Crippen LogP contribution in [0.2, 0.25) is 0 Å². The van der Waals surface area contributed by atoms with E-state index < -0.39 is 0 Å². The van der Waals surface area contributed by atoms with Crippen molar-refractivity contribution in [2.45, 2.75) is 104 Å². The molecular weight excluding hydrogens is 362 g/mol. The normalized spacial score (nSPS) is 44.3. The first kappa shape index (κ1) is 23.1. The van der Waals surface area contributed by atoms with Gasteiger partial charge in [-0.05, 0) is 91.8 Å². The predicted octanol–water partition coefficient (Wildman–Crippen LogP) is 4.53. The molecule has 9 atom stereocenters. The number of carbonyl (C=O) groups is 1. The molecule has 0 bridgehead atoms. The van der Waals surface area contributed by atoms with Gasteiger partial charge in [-0.25, -0.2) is 0 Å². The molecule has 0 unspecified atom stereocenters. The maximum Gasteiger partial charge on any atom is 0.219 e. The summed E-state index contributed by atoms with van der Waals surface area (Å²) in [5, 5.41) is 24.4. The molecular formula is C25H45NO3. The lowest BCUT2D eigenvalue weighted by molar-refractivity contribution is -0.159. The highest BCUT2D eigenvalue weighted by Gasteiger charge is 2.57. The van der Waals surface area contributed by atoms with Gasteiger partial charge in [0, 0.05) is 13.5 Å². The summed E-state index contributed by atoms with van der Waals surface area (Å²) in [6.07, 6.45) is 9.68. The second-order valence-corrected chi connectivity index (χ2v) is 11.2. The van der Waals surface area contributed by atoms with E-state index in [9.17, 15) is 15.0 Å². The molecule has 3 aliphatic rings. The Morgan fingerprint density at radius 3 is 2.55 bits per heavy atom. The number of carbonyl (C=O) groups excluding carboxylic acids is 1. The fourth-order valence-electron chi connectivity index (χ4n) is 8.01. The molecule has 168 valence electrons. The largest absolute Gasteiger partial charge is 0.393 e. The van der Waals surface area contributed by atoms with Crippen LogP contribution in [-0.4, -0.2) is 35.4 Å². The Balaban J connectivity index is 1.75. The minimum atomic E-state index is -0.265. The van der Waals surface area contributed by atoms with Crippen LogP contribution in [0.5, 0.6) is 0 Å². The van der Waals surface area contributed by atoms with Crippen LogP contribution < -0.4 is 5.32 Å². The third-order valence-electron chi connectivity index (χ3n) is 9.83. The Morgan fingerprint density at radius 1 is 1.17 bits per heavy atom. The number of hydrogen-bond acceptors (Lipinski definition) is 3. The molecule has 1 amide bonds. The number of nitrogens with one attached hydrogen (secondary N) is 1. The zero-order valence-electron chi connectivity index (χ0n) is 19.4. The van der Waals surface area contributed by atoms with Gasteiger partial charge < -0.3 is 15.5 Å². The van der Waals surface area contributed by atoms with Gasteiger partial charge in [0.25, 0.3) is 0 Å². The van der Waals surface area contributed by atoms with Crippen LogP contribution in [-0.2, 0) is 4.79 Å². The van der Waals surface area contributed by atoms with Crippen molar-refractivity contribution in [3.8, 4) is 0 Å². The highest BCUT2D eigenvalue weighted by molar-refractivity contribution is 5.75. The summed E-state index contributed by atoms with van der Waals surface area (Å²) in [7, 11) is 1.71. The molecule has 0 aliphatic heterocycles. The SMILES string of the molecule is CC[C@H]([C@H](C)CCC(=O)NC)[C@]1(C)C[C@@H]2CC[C@@H]3C[C@H](O)CC[C@]3(C)[C@H]2C[C@@H]1O. The highest BCUT2D eigenvalue weighted by Crippen LogP contribution is 2.63. The Hall–Kier alpha value is -0.610. The summed E-state index contributed by atoms with van der Waals surface area (Å²) in [5.41, 5.74) is 0.229. The van der Waals surface area contributed by atoms with Crippen LogP contribution in [0.25, 0.3) is 0 Å². The van der Waals surface area contributed by atoms with Crippen LogP contribution in [0.4, 0.5) is 0 Å². The van der Waals surface area contributed by atoms with Gasteiger partial charge in [0.2, 0.25) is 5.91 Å².